The van der Waals surface area contributed by atoms with Gasteiger partial charge in [-0.2, -0.15) is 0 Å². The van der Waals surface area contributed by atoms with Crippen molar-refractivity contribution < 1.29 is 4.58 Å². The van der Waals surface area contributed by atoms with Gasteiger partial charge >= 0.3 is 0 Å². The highest BCUT2D eigenvalue weighted by Crippen LogP contribution is 2.22. The average molecular weight is 221 g/mol. The Morgan fingerprint density at radius 1 is 1.44 bits per heavy atom. The fraction of sp³-hybridized carbons (Fsp3) is 0.500. The molecule has 0 aliphatic carbocycles. The molecule has 2 heterocycles. The Hall–Kier alpha value is -1.69. The van der Waals surface area contributed by atoms with Crippen LogP contribution in [-0.2, 0) is 6.42 Å². The van der Waals surface area contributed by atoms with Gasteiger partial charge in [0.1, 0.15) is 0 Å². The summed E-state index contributed by atoms with van der Waals surface area (Å²) >= 11 is 0. The largest absolute Gasteiger partial charge is 0.271 e. The first kappa shape index (κ1) is 10.8. The predicted molar refractivity (Wildman–Crippen MR) is 62.6 cm³/mol. The molecule has 2 rings (SSSR count). The van der Waals surface area contributed by atoms with Crippen molar-refractivity contribution in [1.82, 2.24) is 20.0 Å². The number of allylic oxidation sites excluding steroid dienone is 1. The van der Waals surface area contributed by atoms with Gasteiger partial charge in [0.15, 0.2) is 5.69 Å². The molecule has 6 heteroatoms. The van der Waals surface area contributed by atoms with Crippen LogP contribution in [0.1, 0.15) is 5.69 Å². The van der Waals surface area contributed by atoms with Crippen LogP contribution in [0.3, 0.4) is 0 Å². The van der Waals surface area contributed by atoms with Gasteiger partial charge in [-0.05, 0) is 0 Å². The molecular formula is C10H17N6+. The third kappa shape index (κ3) is 1.83. The van der Waals surface area contributed by atoms with Crippen LogP contribution in [-0.4, -0.2) is 59.1 Å². The van der Waals surface area contributed by atoms with Crippen LogP contribution in [0.15, 0.2) is 12.3 Å². The molecule has 86 valence electrons. The molecule has 0 saturated heterocycles. The fourth-order valence-corrected chi connectivity index (χ4v) is 1.64. The zero-order valence-corrected chi connectivity index (χ0v) is 10.1. The lowest BCUT2D eigenvalue weighted by Gasteiger charge is -2.26. The van der Waals surface area contributed by atoms with E-state index < -0.39 is 0 Å². The summed E-state index contributed by atoms with van der Waals surface area (Å²) in [5, 5.41) is 12.3. The van der Waals surface area contributed by atoms with Gasteiger partial charge in [0.25, 0.3) is 6.34 Å². The normalized spacial score (nSPS) is 14.2. The van der Waals surface area contributed by atoms with Gasteiger partial charge < -0.3 is 0 Å². The van der Waals surface area contributed by atoms with E-state index in [1.807, 2.05) is 60.0 Å². The second-order valence-corrected chi connectivity index (χ2v) is 4.16. The number of fused-ring (bicyclic) bond motifs is 1. The molecule has 0 saturated carbocycles. The first-order valence-corrected chi connectivity index (χ1v) is 5.18. The van der Waals surface area contributed by atoms with Gasteiger partial charge in [-0.25, -0.2) is 5.01 Å². The zero-order valence-electron chi connectivity index (χ0n) is 10.1. The summed E-state index contributed by atoms with van der Waals surface area (Å²) in [6.07, 6.45) is 6.89. The van der Waals surface area contributed by atoms with E-state index in [-0.39, 0.29) is 0 Å². The minimum absolute atomic E-state index is 0.858. The molecule has 0 unspecified atom stereocenters. The molecular weight excluding hydrogens is 204 g/mol. The van der Waals surface area contributed by atoms with Crippen molar-refractivity contribution in [3.8, 4) is 0 Å². The predicted octanol–water partition coefficient (Wildman–Crippen LogP) is -0.221. The van der Waals surface area contributed by atoms with Gasteiger partial charge in [0, 0.05) is 31.9 Å². The first-order chi connectivity index (χ1) is 7.59. The topological polar surface area (TPSA) is 40.2 Å². The van der Waals surface area contributed by atoms with Crippen molar-refractivity contribution in [1.29, 1.82) is 0 Å². The minimum atomic E-state index is 0.858. The summed E-state index contributed by atoms with van der Waals surface area (Å²) < 4.78 is 3.77. The van der Waals surface area contributed by atoms with Crippen molar-refractivity contribution in [2.45, 2.75) is 6.42 Å². The average Bonchev–Trinajstić information content (AvgIpc) is 2.60. The molecule has 1 aliphatic heterocycles. The summed E-state index contributed by atoms with van der Waals surface area (Å²) in [5.41, 5.74) is 1.10. The van der Waals surface area contributed by atoms with E-state index in [0.717, 1.165) is 17.9 Å². The second-order valence-electron chi connectivity index (χ2n) is 4.16. The van der Waals surface area contributed by atoms with Crippen molar-refractivity contribution >= 4 is 12.2 Å². The number of anilines is 1. The molecule has 1 aromatic heterocycles. The van der Waals surface area contributed by atoms with Crippen molar-refractivity contribution in [3.05, 3.63) is 18.0 Å². The Labute approximate surface area is 95.0 Å². The number of aromatic nitrogens is 3. The highest BCUT2D eigenvalue weighted by Gasteiger charge is 2.25. The van der Waals surface area contributed by atoms with Crippen LogP contribution < -0.4 is 5.01 Å². The molecule has 1 aliphatic rings. The van der Waals surface area contributed by atoms with Crippen LogP contribution in [0.2, 0.25) is 0 Å². The number of hydrogen-bond donors (Lipinski definition) is 0. The third-order valence-electron chi connectivity index (χ3n) is 2.32. The highest BCUT2D eigenvalue weighted by atomic mass is 15.6. The highest BCUT2D eigenvalue weighted by molar-refractivity contribution is 5.59. The van der Waals surface area contributed by atoms with Crippen LogP contribution >= 0.6 is 0 Å². The van der Waals surface area contributed by atoms with E-state index in [4.69, 9.17) is 0 Å². The molecule has 0 bridgehead atoms. The Bertz CT molecular complexity index is 438. The van der Waals surface area contributed by atoms with E-state index >= 15 is 0 Å². The van der Waals surface area contributed by atoms with Crippen molar-refractivity contribution in [2.24, 2.45) is 0 Å². The molecule has 1 aromatic rings. The molecule has 0 amide bonds. The minimum Gasteiger partial charge on any atom is -0.271 e. The maximum atomic E-state index is 4.20. The molecule has 16 heavy (non-hydrogen) atoms. The quantitative estimate of drug-likeness (QED) is 0.393. The maximum Gasteiger partial charge on any atom is 0.266 e. The SMILES string of the molecule is CN(C)N1C=CCc2c1nnn2C=[N+](C)C. The van der Waals surface area contributed by atoms with Gasteiger partial charge in [0.2, 0.25) is 5.82 Å². The lowest BCUT2D eigenvalue weighted by atomic mass is 10.2. The molecule has 6 nitrogen and oxygen atoms in total. The van der Waals surface area contributed by atoms with E-state index in [0.29, 0.717) is 0 Å². The molecule has 0 fully saturated rings. The van der Waals surface area contributed by atoms with Gasteiger partial charge in [-0.3, -0.25) is 9.58 Å². The van der Waals surface area contributed by atoms with Crippen LogP contribution in [0, 0.1) is 0 Å². The van der Waals surface area contributed by atoms with E-state index in [2.05, 4.69) is 16.4 Å². The molecule has 0 spiro atoms. The molecule has 0 aromatic carbocycles. The van der Waals surface area contributed by atoms with Crippen LogP contribution in [0.5, 0.6) is 0 Å². The number of nitrogens with zero attached hydrogens (tertiary/aromatic N) is 6. The molecule has 0 N–H and O–H groups in total. The zero-order chi connectivity index (χ0) is 11.7. The summed E-state index contributed by atoms with van der Waals surface area (Å²) in [5.74, 6) is 0.894. The van der Waals surface area contributed by atoms with Crippen molar-refractivity contribution in [3.63, 3.8) is 0 Å². The van der Waals surface area contributed by atoms with Gasteiger partial charge in [-0.1, -0.05) is 15.9 Å². The van der Waals surface area contributed by atoms with E-state index in [1.54, 1.807) is 0 Å². The fourth-order valence-electron chi connectivity index (χ4n) is 1.64. The van der Waals surface area contributed by atoms with Crippen molar-refractivity contribution in [2.75, 3.05) is 33.2 Å². The lowest BCUT2D eigenvalue weighted by Crippen LogP contribution is -2.34. The standard InChI is InChI=1S/C10H17N6/c1-13(2)8-15-9-6-5-7-16(14(3)4)10(9)11-12-15/h5,7-8H,6H2,1-4H3/q+1. The maximum absolute atomic E-state index is 4.20. The van der Waals surface area contributed by atoms with Gasteiger partial charge in [0.05, 0.1) is 14.1 Å². The summed E-state index contributed by atoms with van der Waals surface area (Å²) in [6, 6.07) is 0. The number of hydrazine groups is 1. The number of hydrogen-bond acceptors (Lipinski definition) is 4. The first-order valence-electron chi connectivity index (χ1n) is 5.18. The third-order valence-corrected chi connectivity index (χ3v) is 2.32. The second kappa shape index (κ2) is 4.05. The Morgan fingerprint density at radius 2 is 2.19 bits per heavy atom. The van der Waals surface area contributed by atoms with Crippen LogP contribution in [0.25, 0.3) is 0 Å². The summed E-state index contributed by atoms with van der Waals surface area (Å²) in [4.78, 5) is 0. The van der Waals surface area contributed by atoms with Gasteiger partial charge in [-0.15, -0.1) is 0 Å². The monoisotopic (exact) mass is 221 g/mol. The lowest BCUT2D eigenvalue weighted by molar-refractivity contribution is -0.461. The number of rotatable bonds is 2. The smallest absolute Gasteiger partial charge is 0.266 e. The Morgan fingerprint density at radius 3 is 2.81 bits per heavy atom. The van der Waals surface area contributed by atoms with Crippen LogP contribution in [0.4, 0.5) is 5.82 Å². The Balaban J connectivity index is 2.41. The molecule has 0 radical (unpaired) electrons. The van der Waals surface area contributed by atoms with E-state index in [9.17, 15) is 0 Å². The Kier molecular flexibility index (Phi) is 2.74. The summed E-state index contributed by atoms with van der Waals surface area (Å²) in [7, 11) is 7.90. The summed E-state index contributed by atoms with van der Waals surface area (Å²) in [6.45, 7) is 0. The van der Waals surface area contributed by atoms with E-state index in [1.165, 1.54) is 0 Å². The molecule has 0 atom stereocenters.